The highest BCUT2D eigenvalue weighted by molar-refractivity contribution is 5.81. The highest BCUT2D eigenvalue weighted by Crippen LogP contribution is 2.22. The van der Waals surface area contributed by atoms with Gasteiger partial charge in [0, 0.05) is 20.1 Å². The van der Waals surface area contributed by atoms with Gasteiger partial charge in [0.05, 0.1) is 12.1 Å². The van der Waals surface area contributed by atoms with Gasteiger partial charge < -0.3 is 10.0 Å². The van der Waals surface area contributed by atoms with Crippen LogP contribution >= 0.6 is 0 Å². The first-order chi connectivity index (χ1) is 10.9. The van der Waals surface area contributed by atoms with Crippen molar-refractivity contribution in [3.63, 3.8) is 0 Å². The molecule has 1 aromatic rings. The molecule has 3 unspecified atom stereocenters. The fraction of sp³-hybridized carbons (Fsp3) is 0.611. The Kier molecular flexibility index (Phi) is 6.13. The highest BCUT2D eigenvalue weighted by Gasteiger charge is 2.30. The molecule has 1 saturated heterocycles. The van der Waals surface area contributed by atoms with Gasteiger partial charge in [-0.1, -0.05) is 12.1 Å². The number of carbonyl (C=O) groups excluding carboxylic acids is 1. The lowest BCUT2D eigenvalue weighted by atomic mass is 9.92. The lowest BCUT2D eigenvalue weighted by Gasteiger charge is -2.38. The van der Waals surface area contributed by atoms with Gasteiger partial charge in [-0.15, -0.1) is 0 Å². The third-order valence-corrected chi connectivity index (χ3v) is 4.76. The number of piperidine rings is 1. The molecule has 3 atom stereocenters. The van der Waals surface area contributed by atoms with E-state index in [2.05, 4.69) is 4.90 Å². The lowest BCUT2D eigenvalue weighted by molar-refractivity contribution is -0.136. The van der Waals surface area contributed by atoms with Crippen LogP contribution in [0.5, 0.6) is 0 Å². The van der Waals surface area contributed by atoms with Gasteiger partial charge in [-0.25, -0.2) is 4.39 Å². The number of likely N-dealkylation sites (N-methyl/N-ethyl adjacent to an activating group) is 1. The Balaban J connectivity index is 1.95. The molecule has 1 aliphatic rings. The summed E-state index contributed by atoms with van der Waals surface area (Å²) in [6, 6.07) is 6.11. The van der Waals surface area contributed by atoms with E-state index in [4.69, 9.17) is 0 Å². The van der Waals surface area contributed by atoms with Crippen molar-refractivity contribution in [2.24, 2.45) is 5.92 Å². The molecule has 1 N–H and O–H groups in total. The fourth-order valence-corrected chi connectivity index (χ4v) is 3.25. The molecular weight excluding hydrogens is 295 g/mol. The summed E-state index contributed by atoms with van der Waals surface area (Å²) in [7, 11) is 1.75. The van der Waals surface area contributed by atoms with E-state index in [0.717, 1.165) is 31.5 Å². The summed E-state index contributed by atoms with van der Waals surface area (Å²) >= 11 is 0. The zero-order chi connectivity index (χ0) is 17.0. The molecule has 0 spiro atoms. The van der Waals surface area contributed by atoms with E-state index in [-0.39, 0.29) is 29.8 Å². The molecule has 0 radical (unpaired) electrons. The Morgan fingerprint density at radius 1 is 1.48 bits per heavy atom. The van der Waals surface area contributed by atoms with Gasteiger partial charge in [0.1, 0.15) is 5.82 Å². The van der Waals surface area contributed by atoms with Gasteiger partial charge in [-0.3, -0.25) is 9.69 Å². The summed E-state index contributed by atoms with van der Waals surface area (Å²) in [4.78, 5) is 16.4. The Bertz CT molecular complexity index is 536. The molecule has 0 saturated carbocycles. The van der Waals surface area contributed by atoms with Crippen molar-refractivity contribution < 1.29 is 14.3 Å². The van der Waals surface area contributed by atoms with Gasteiger partial charge in [0.25, 0.3) is 0 Å². The van der Waals surface area contributed by atoms with Gasteiger partial charge in [-0.2, -0.15) is 0 Å². The van der Waals surface area contributed by atoms with Crippen molar-refractivity contribution in [3.05, 3.63) is 35.6 Å². The van der Waals surface area contributed by atoms with Crippen LogP contribution in [-0.2, 0) is 11.3 Å². The molecule has 0 bridgehead atoms. The number of benzene rings is 1. The van der Waals surface area contributed by atoms with Crippen LogP contribution in [0, 0.1) is 11.7 Å². The number of carbonyl (C=O) groups is 1. The van der Waals surface area contributed by atoms with E-state index >= 15 is 0 Å². The molecule has 1 aliphatic heterocycles. The van der Waals surface area contributed by atoms with E-state index in [9.17, 15) is 14.3 Å². The Morgan fingerprint density at radius 2 is 2.22 bits per heavy atom. The van der Waals surface area contributed by atoms with Gasteiger partial charge in [0.15, 0.2) is 0 Å². The molecular formula is C18H27FN2O2. The largest absolute Gasteiger partial charge is 0.393 e. The van der Waals surface area contributed by atoms with E-state index in [1.807, 2.05) is 19.9 Å². The number of aliphatic hydroxyl groups excluding tert-OH is 1. The average Bonchev–Trinajstić information content (AvgIpc) is 2.53. The van der Waals surface area contributed by atoms with Crippen LogP contribution in [0.3, 0.4) is 0 Å². The van der Waals surface area contributed by atoms with Crippen molar-refractivity contribution in [3.8, 4) is 0 Å². The number of likely N-dealkylation sites (tertiary alicyclic amines) is 1. The molecule has 2 rings (SSSR count). The topological polar surface area (TPSA) is 43.8 Å². The maximum Gasteiger partial charge on any atom is 0.239 e. The Labute approximate surface area is 137 Å². The predicted octanol–water partition coefficient (Wildman–Crippen LogP) is 2.27. The van der Waals surface area contributed by atoms with E-state index < -0.39 is 0 Å². The number of aliphatic hydroxyl groups is 1. The number of rotatable bonds is 5. The smallest absolute Gasteiger partial charge is 0.239 e. The minimum Gasteiger partial charge on any atom is -0.393 e. The second-order valence-corrected chi connectivity index (χ2v) is 6.64. The Hall–Kier alpha value is -1.46. The summed E-state index contributed by atoms with van der Waals surface area (Å²) in [5.74, 6) is -0.0276. The number of hydrogen-bond donors (Lipinski definition) is 1. The average molecular weight is 322 g/mol. The van der Waals surface area contributed by atoms with Crippen LogP contribution < -0.4 is 0 Å². The lowest BCUT2D eigenvalue weighted by Crippen LogP contribution is -2.50. The summed E-state index contributed by atoms with van der Waals surface area (Å²) in [6.07, 6.45) is 1.67. The molecule has 128 valence electrons. The zero-order valence-corrected chi connectivity index (χ0v) is 14.2. The van der Waals surface area contributed by atoms with Crippen LogP contribution in [0.1, 0.15) is 32.3 Å². The van der Waals surface area contributed by atoms with Gasteiger partial charge >= 0.3 is 0 Å². The van der Waals surface area contributed by atoms with E-state index in [1.165, 1.54) is 12.1 Å². The maximum atomic E-state index is 13.3. The summed E-state index contributed by atoms with van der Waals surface area (Å²) < 4.78 is 13.3. The molecule has 4 nitrogen and oxygen atoms in total. The molecule has 1 aromatic carbocycles. The van der Waals surface area contributed by atoms with Crippen molar-refractivity contribution in [2.75, 3.05) is 20.1 Å². The number of amides is 1. The van der Waals surface area contributed by atoms with Crippen molar-refractivity contribution in [1.29, 1.82) is 0 Å². The normalized spacial score (nSPS) is 21.7. The third-order valence-electron chi connectivity index (χ3n) is 4.76. The van der Waals surface area contributed by atoms with Crippen molar-refractivity contribution in [1.82, 2.24) is 9.80 Å². The van der Waals surface area contributed by atoms with Crippen molar-refractivity contribution >= 4 is 5.91 Å². The molecule has 23 heavy (non-hydrogen) atoms. The molecule has 0 aliphatic carbocycles. The summed E-state index contributed by atoms with van der Waals surface area (Å²) in [5.41, 5.74) is 0.786. The fourth-order valence-electron chi connectivity index (χ4n) is 3.25. The van der Waals surface area contributed by atoms with Gasteiger partial charge in [-0.05, 0) is 56.8 Å². The second kappa shape index (κ2) is 7.88. The van der Waals surface area contributed by atoms with Crippen LogP contribution in [0.25, 0.3) is 0 Å². The third kappa shape index (κ3) is 4.75. The maximum absolute atomic E-state index is 13.3. The number of halogens is 1. The second-order valence-electron chi connectivity index (χ2n) is 6.64. The van der Waals surface area contributed by atoms with Crippen LogP contribution in [0.4, 0.5) is 4.39 Å². The number of nitrogens with zero attached hydrogens (tertiary/aromatic N) is 2. The van der Waals surface area contributed by atoms with E-state index in [0.29, 0.717) is 6.54 Å². The summed E-state index contributed by atoms with van der Waals surface area (Å²) in [6.45, 7) is 5.75. The molecule has 1 heterocycles. The quantitative estimate of drug-likeness (QED) is 0.904. The Morgan fingerprint density at radius 3 is 2.87 bits per heavy atom. The molecule has 5 heteroatoms. The van der Waals surface area contributed by atoms with Gasteiger partial charge in [0.2, 0.25) is 5.91 Å². The zero-order valence-electron chi connectivity index (χ0n) is 14.2. The molecule has 1 amide bonds. The first-order valence-corrected chi connectivity index (χ1v) is 8.30. The minimum absolute atomic E-state index is 0.0282. The molecule has 0 aromatic heterocycles. The van der Waals surface area contributed by atoms with Crippen LogP contribution in [0.15, 0.2) is 24.3 Å². The first kappa shape index (κ1) is 17.9. The SMILES string of the molecule is CC(O)C1CCCN(C(C)C(=O)N(C)Cc2cccc(F)c2)C1. The van der Waals surface area contributed by atoms with Crippen LogP contribution in [0.2, 0.25) is 0 Å². The number of hydrogen-bond acceptors (Lipinski definition) is 3. The van der Waals surface area contributed by atoms with Crippen LogP contribution in [-0.4, -0.2) is 53.1 Å². The summed E-state index contributed by atoms with van der Waals surface area (Å²) in [5, 5.41) is 9.79. The first-order valence-electron chi connectivity index (χ1n) is 8.30. The molecule has 1 fully saturated rings. The standard InChI is InChI=1S/C18H27FN2O2/c1-13(21-9-5-7-16(12-21)14(2)22)18(23)20(3)11-15-6-4-8-17(19)10-15/h4,6,8,10,13-14,16,22H,5,7,9,11-12H2,1-3H3. The monoisotopic (exact) mass is 322 g/mol. The predicted molar refractivity (Wildman–Crippen MR) is 88.3 cm³/mol. The highest BCUT2D eigenvalue weighted by atomic mass is 19.1. The van der Waals surface area contributed by atoms with E-state index in [1.54, 1.807) is 18.0 Å². The van der Waals surface area contributed by atoms with Crippen molar-refractivity contribution in [2.45, 2.75) is 45.4 Å². The minimum atomic E-state index is -0.342.